The predicted molar refractivity (Wildman–Crippen MR) is 62.5 cm³/mol. The topological polar surface area (TPSA) is 178 Å². The Bertz CT molecular complexity index is 607. The van der Waals surface area contributed by atoms with E-state index in [4.69, 9.17) is 20.5 Å². The Labute approximate surface area is 146 Å². The molecular weight excluding hydrogens is 332 g/mol. The maximum Gasteiger partial charge on any atom is 1.00 e. The number of rotatable bonds is 8. The van der Waals surface area contributed by atoms with E-state index in [0.29, 0.717) is 0 Å². The van der Waals surface area contributed by atoms with Gasteiger partial charge in [0.05, 0.1) is 12.6 Å². The van der Waals surface area contributed by atoms with Crippen LogP contribution in [0.2, 0.25) is 0 Å². The van der Waals surface area contributed by atoms with Gasteiger partial charge in [-0.05, 0) is 6.07 Å². The van der Waals surface area contributed by atoms with Crippen molar-refractivity contribution in [3.8, 4) is 6.01 Å². The molecule has 0 aliphatic rings. The zero-order valence-electron chi connectivity index (χ0n) is 11.6. The number of hydrogen-bond acceptors (Lipinski definition) is 9. The molecule has 0 aliphatic heterocycles. The molecule has 13 heteroatoms. The molecule has 0 aromatic carbocycles. The summed E-state index contributed by atoms with van der Waals surface area (Å²) in [6, 6.07) is 0.376. The third kappa shape index (κ3) is 8.13. The molecule has 1 rings (SSSR count). The van der Waals surface area contributed by atoms with Gasteiger partial charge < -0.3 is 24.8 Å². The van der Waals surface area contributed by atoms with Crippen LogP contribution in [0.3, 0.4) is 0 Å². The maximum atomic E-state index is 11.5. The predicted octanol–water partition coefficient (Wildman–Crippen LogP) is -5.55. The molecule has 0 aliphatic carbocycles. The number of carbonyl (C=O) groups is 1. The van der Waals surface area contributed by atoms with Crippen LogP contribution in [0.4, 0.5) is 0 Å². The van der Waals surface area contributed by atoms with Crippen LogP contribution < -0.4 is 40.2 Å². The Kier molecular flexibility index (Phi) is 9.24. The Hall–Kier alpha value is -0.620. The minimum absolute atomic E-state index is 0. The van der Waals surface area contributed by atoms with Gasteiger partial charge in [0.2, 0.25) is 0 Å². The van der Waals surface area contributed by atoms with Crippen molar-refractivity contribution in [1.82, 2.24) is 9.55 Å². The van der Waals surface area contributed by atoms with Gasteiger partial charge in [0.15, 0.2) is 12.1 Å². The van der Waals surface area contributed by atoms with Crippen molar-refractivity contribution >= 4 is 13.6 Å². The van der Waals surface area contributed by atoms with Crippen molar-refractivity contribution in [2.75, 3.05) is 13.2 Å². The molecule has 22 heavy (non-hydrogen) atoms. The molecule has 0 saturated heterocycles. The summed E-state index contributed by atoms with van der Waals surface area (Å²) in [5.74, 6) is -0.723. The summed E-state index contributed by atoms with van der Waals surface area (Å²) in [5.41, 5.74) is -0.254. The van der Waals surface area contributed by atoms with Gasteiger partial charge in [-0.25, -0.2) is 9.55 Å². The number of ketones is 1. The molecule has 1 heterocycles. The van der Waals surface area contributed by atoms with Gasteiger partial charge in [0.1, 0.15) is 18.7 Å². The molecule has 0 amide bonds. The van der Waals surface area contributed by atoms with Gasteiger partial charge in [-0.3, -0.25) is 19.3 Å². The first kappa shape index (κ1) is 21.4. The SMILES string of the molecule is N=c1ccn(CC(=O)COP(=O)(O)OCC(O)O)c([O-])n1.[Na+]. The van der Waals surface area contributed by atoms with Crippen LogP contribution in [0.15, 0.2) is 12.3 Å². The molecular formula is C9H13N3NaO8P. The molecule has 1 aromatic rings. The summed E-state index contributed by atoms with van der Waals surface area (Å²) in [5, 5.41) is 35.3. The summed E-state index contributed by atoms with van der Waals surface area (Å²) in [4.78, 5) is 23.9. The summed E-state index contributed by atoms with van der Waals surface area (Å²) in [7, 11) is -4.60. The van der Waals surface area contributed by atoms with Crippen molar-refractivity contribution in [2.45, 2.75) is 12.8 Å². The van der Waals surface area contributed by atoms with Crippen LogP contribution >= 0.6 is 7.82 Å². The number of aliphatic hydroxyl groups excluding tert-OH is 1. The average Bonchev–Trinajstić information content (AvgIpc) is 2.38. The van der Waals surface area contributed by atoms with Crippen LogP contribution in [-0.4, -0.2) is 49.9 Å². The second kappa shape index (κ2) is 9.50. The second-order valence-corrected chi connectivity index (χ2v) is 5.23. The maximum absolute atomic E-state index is 11.5. The zero-order valence-corrected chi connectivity index (χ0v) is 14.5. The third-order valence-corrected chi connectivity index (χ3v) is 2.93. The molecule has 1 atom stereocenters. The minimum atomic E-state index is -4.60. The largest absolute Gasteiger partial charge is 1.00 e. The summed E-state index contributed by atoms with van der Waals surface area (Å²) in [6.45, 7) is -2.16. The molecule has 0 spiro atoms. The molecule has 4 N–H and O–H groups in total. The van der Waals surface area contributed by atoms with Crippen molar-refractivity contribution in [2.24, 2.45) is 0 Å². The van der Waals surface area contributed by atoms with E-state index in [1.807, 2.05) is 0 Å². The van der Waals surface area contributed by atoms with Crippen LogP contribution in [-0.2, 0) is 25.0 Å². The van der Waals surface area contributed by atoms with E-state index in [-0.39, 0.29) is 35.0 Å². The Morgan fingerprint density at radius 1 is 1.50 bits per heavy atom. The summed E-state index contributed by atoms with van der Waals surface area (Å²) in [6.07, 6.45) is -0.787. The van der Waals surface area contributed by atoms with Gasteiger partial charge in [-0.1, -0.05) is 0 Å². The Morgan fingerprint density at radius 3 is 2.68 bits per heavy atom. The van der Waals surface area contributed by atoms with Crippen LogP contribution in [0.25, 0.3) is 0 Å². The number of aliphatic hydroxyl groups is 2. The number of aromatic nitrogens is 2. The van der Waals surface area contributed by atoms with E-state index in [2.05, 4.69) is 14.0 Å². The summed E-state index contributed by atoms with van der Waals surface area (Å²) >= 11 is 0. The van der Waals surface area contributed by atoms with Crippen molar-refractivity contribution < 1.29 is 68.2 Å². The average molecular weight is 345 g/mol. The van der Waals surface area contributed by atoms with Crippen molar-refractivity contribution in [3.63, 3.8) is 0 Å². The molecule has 118 valence electrons. The third-order valence-electron chi connectivity index (χ3n) is 2.00. The molecule has 0 fully saturated rings. The van der Waals surface area contributed by atoms with Gasteiger partial charge >= 0.3 is 37.4 Å². The Morgan fingerprint density at radius 2 is 2.14 bits per heavy atom. The molecule has 1 unspecified atom stereocenters. The van der Waals surface area contributed by atoms with Gasteiger partial charge in [0, 0.05) is 6.20 Å². The number of nitrogens with zero attached hydrogens (tertiary/aromatic N) is 2. The van der Waals surface area contributed by atoms with Crippen LogP contribution in [0.5, 0.6) is 6.01 Å². The fourth-order valence-electron chi connectivity index (χ4n) is 1.14. The van der Waals surface area contributed by atoms with Crippen molar-refractivity contribution in [3.05, 3.63) is 17.8 Å². The van der Waals surface area contributed by atoms with E-state index < -0.39 is 45.7 Å². The number of Topliss-reactive ketones (excluding diaryl/α,β-unsaturated/α-hetero) is 1. The van der Waals surface area contributed by atoms with E-state index >= 15 is 0 Å². The fourth-order valence-corrected chi connectivity index (χ4v) is 1.84. The normalized spacial score (nSPS) is 13.5. The molecule has 0 saturated carbocycles. The quantitative estimate of drug-likeness (QED) is 0.203. The number of carbonyl (C=O) groups excluding carboxylic acids is 1. The molecule has 1 aromatic heterocycles. The standard InChI is InChI=1S/C9H14N3O8P.Na/c10-7-1-2-12(9(16)11-7)3-6(13)4-19-21(17,18)20-5-8(14)15;/h1-2,8,14-15H,3-5H2,(H,17,18)(H2,10,11,16);/q;+1/p-1. The van der Waals surface area contributed by atoms with E-state index in [0.717, 1.165) is 4.57 Å². The monoisotopic (exact) mass is 345 g/mol. The molecule has 11 nitrogen and oxygen atoms in total. The van der Waals surface area contributed by atoms with E-state index in [1.165, 1.54) is 12.3 Å². The van der Waals surface area contributed by atoms with Gasteiger partial charge in [0.25, 0.3) is 0 Å². The van der Waals surface area contributed by atoms with Gasteiger partial charge in [-0.15, -0.1) is 0 Å². The summed E-state index contributed by atoms with van der Waals surface area (Å²) < 4.78 is 20.6. The van der Waals surface area contributed by atoms with Crippen LogP contribution in [0, 0.1) is 5.41 Å². The smallest absolute Gasteiger partial charge is 0.846 e. The van der Waals surface area contributed by atoms with Crippen molar-refractivity contribution in [1.29, 1.82) is 5.41 Å². The molecule has 0 radical (unpaired) electrons. The molecule has 0 bridgehead atoms. The van der Waals surface area contributed by atoms with Crippen LogP contribution in [0.1, 0.15) is 0 Å². The first-order valence-corrected chi connectivity index (χ1v) is 6.98. The second-order valence-electron chi connectivity index (χ2n) is 3.78. The fraction of sp³-hybridized carbons (Fsp3) is 0.444. The Balaban J connectivity index is 0.00000441. The van der Waals surface area contributed by atoms with E-state index in [1.54, 1.807) is 0 Å². The number of phosphoric ester groups is 1. The number of phosphoric acid groups is 1. The number of nitrogens with one attached hydrogen (secondary N) is 1. The van der Waals surface area contributed by atoms with E-state index in [9.17, 15) is 14.5 Å². The first-order valence-electron chi connectivity index (χ1n) is 5.48. The number of hydrogen-bond donors (Lipinski definition) is 4. The first-order chi connectivity index (χ1) is 9.69. The van der Waals surface area contributed by atoms with Gasteiger partial charge in [-0.2, -0.15) is 0 Å². The minimum Gasteiger partial charge on any atom is -0.846 e. The zero-order chi connectivity index (χ0) is 16.0.